The van der Waals surface area contributed by atoms with Crippen LogP contribution >= 0.6 is 14.3 Å². The molecule has 0 amide bonds. The third kappa shape index (κ3) is 5.30. The average Bonchev–Trinajstić information content (AvgIpc) is 3.01. The predicted octanol–water partition coefficient (Wildman–Crippen LogP) is 7.31. The number of allylic oxidation sites excluding steroid dienone is 2. The van der Waals surface area contributed by atoms with Crippen LogP contribution < -0.4 is 21.2 Å². The summed E-state index contributed by atoms with van der Waals surface area (Å²) in [6.07, 6.45) is 4.35. The van der Waals surface area contributed by atoms with Crippen LogP contribution in [0, 0.1) is 0 Å². The van der Waals surface area contributed by atoms with E-state index in [1.807, 2.05) is 164 Å². The van der Waals surface area contributed by atoms with Gasteiger partial charge < -0.3 is 9.13 Å². The number of benzene rings is 5. The van der Waals surface area contributed by atoms with Crippen molar-refractivity contribution in [2.45, 2.75) is 5.66 Å². The summed E-state index contributed by atoms with van der Waals surface area (Å²) in [7, 11) is -6.10. The Hall–Kier alpha value is -3.70. The van der Waals surface area contributed by atoms with Crippen LogP contribution in [-0.4, -0.2) is 6.16 Å². The summed E-state index contributed by atoms with van der Waals surface area (Å²) >= 11 is 0. The van der Waals surface area contributed by atoms with Gasteiger partial charge in [0, 0.05) is 27.4 Å². The molecule has 0 radical (unpaired) electrons. The van der Waals surface area contributed by atoms with Crippen molar-refractivity contribution in [2.75, 3.05) is 6.16 Å². The molecular weight excluding hydrogens is 502 g/mol. The molecule has 4 heteroatoms. The van der Waals surface area contributed by atoms with Crippen molar-refractivity contribution in [3.63, 3.8) is 0 Å². The second-order valence-corrected chi connectivity index (χ2v) is 15.0. The van der Waals surface area contributed by atoms with E-state index in [4.69, 9.17) is 0 Å². The Morgan fingerprint density at radius 1 is 0.474 bits per heavy atom. The molecule has 188 valence electrons. The second-order valence-electron chi connectivity index (χ2n) is 9.21. The van der Waals surface area contributed by atoms with Gasteiger partial charge in [0.05, 0.1) is 5.66 Å². The first kappa shape index (κ1) is 25.9. The van der Waals surface area contributed by atoms with Crippen LogP contribution in [0.3, 0.4) is 0 Å². The van der Waals surface area contributed by atoms with E-state index in [0.29, 0.717) is 6.16 Å². The Kier molecular flexibility index (Phi) is 8.04. The van der Waals surface area contributed by atoms with Crippen molar-refractivity contribution in [1.29, 1.82) is 0 Å². The largest absolute Gasteiger partial charge is 0.313 e. The van der Waals surface area contributed by atoms with E-state index in [-0.39, 0.29) is 0 Å². The van der Waals surface area contributed by atoms with Crippen molar-refractivity contribution in [3.05, 3.63) is 169 Å². The van der Waals surface area contributed by atoms with Gasteiger partial charge in [-0.3, -0.25) is 0 Å². The maximum absolute atomic E-state index is 15.3. The minimum Gasteiger partial charge on any atom is -0.313 e. The molecule has 0 spiro atoms. The molecule has 5 aromatic carbocycles. The molecule has 38 heavy (non-hydrogen) atoms. The summed E-state index contributed by atoms with van der Waals surface area (Å²) in [5.41, 5.74) is 0.558. The summed E-state index contributed by atoms with van der Waals surface area (Å²) in [6, 6.07) is 48.8. The standard InChI is InChI=1S/C34H30O2P2/c35-37(30-19-8-2-9-20-30,31-21-10-3-11-22-31)28-16-27-34(29-17-6-1-7-18-29)38(36,32-23-12-4-13-24-32)33-25-14-5-15-26-33/h1-27,34H,28H2/b27-16+. The molecule has 0 saturated heterocycles. The van der Waals surface area contributed by atoms with Gasteiger partial charge >= 0.3 is 0 Å². The predicted molar refractivity (Wildman–Crippen MR) is 163 cm³/mol. The Morgan fingerprint density at radius 3 is 1.21 bits per heavy atom. The van der Waals surface area contributed by atoms with Crippen LogP contribution in [-0.2, 0) is 9.13 Å². The van der Waals surface area contributed by atoms with Crippen LogP contribution in [0.1, 0.15) is 11.2 Å². The average molecular weight is 533 g/mol. The summed E-state index contributed by atoms with van der Waals surface area (Å²) in [4.78, 5) is 0. The lowest BCUT2D eigenvalue weighted by molar-refractivity contribution is 0.583. The highest BCUT2D eigenvalue weighted by Gasteiger charge is 2.36. The van der Waals surface area contributed by atoms with Gasteiger partial charge in [0.2, 0.25) is 0 Å². The molecule has 1 unspecified atom stereocenters. The molecular formula is C34H30O2P2. The molecule has 0 fully saturated rings. The lowest BCUT2D eigenvalue weighted by Crippen LogP contribution is -2.21. The van der Waals surface area contributed by atoms with Crippen LogP contribution in [0.15, 0.2) is 164 Å². The molecule has 2 nitrogen and oxygen atoms in total. The minimum atomic E-state index is -3.16. The SMILES string of the molecule is O=P(C/C=C/C(c1ccccc1)P(=O)(c1ccccc1)c1ccccc1)(c1ccccc1)c1ccccc1. The summed E-state index contributed by atoms with van der Waals surface area (Å²) in [5, 5.41) is 3.25. The fourth-order valence-electron chi connectivity index (χ4n) is 4.90. The monoisotopic (exact) mass is 532 g/mol. The minimum absolute atomic E-state index is 0.341. The lowest BCUT2D eigenvalue weighted by atomic mass is 10.1. The smallest absolute Gasteiger partial charge is 0.153 e. The molecule has 0 saturated carbocycles. The molecule has 1 atom stereocenters. The van der Waals surface area contributed by atoms with E-state index in [2.05, 4.69) is 0 Å². The molecule has 0 aliphatic rings. The zero-order valence-electron chi connectivity index (χ0n) is 21.1. The second kappa shape index (κ2) is 11.8. The molecule has 5 rings (SSSR count). The van der Waals surface area contributed by atoms with Crippen molar-refractivity contribution in [3.8, 4) is 0 Å². The molecule has 0 aromatic heterocycles. The topological polar surface area (TPSA) is 34.1 Å². The van der Waals surface area contributed by atoms with Gasteiger partial charge in [0.1, 0.15) is 7.14 Å². The maximum Gasteiger partial charge on any atom is 0.153 e. The molecule has 0 aliphatic heterocycles. The third-order valence-electron chi connectivity index (χ3n) is 6.84. The quantitative estimate of drug-likeness (QED) is 0.147. The van der Waals surface area contributed by atoms with Gasteiger partial charge in [-0.2, -0.15) is 0 Å². The normalized spacial score (nSPS) is 12.8. The van der Waals surface area contributed by atoms with Gasteiger partial charge in [-0.05, 0) is 5.56 Å². The van der Waals surface area contributed by atoms with E-state index < -0.39 is 19.9 Å². The fraction of sp³-hybridized carbons (Fsp3) is 0.0588. The van der Waals surface area contributed by atoms with E-state index in [1.54, 1.807) is 0 Å². The van der Waals surface area contributed by atoms with Crippen LogP contribution in [0.5, 0.6) is 0 Å². The Balaban J connectivity index is 1.63. The highest BCUT2D eigenvalue weighted by molar-refractivity contribution is 7.79. The zero-order chi connectivity index (χ0) is 26.3. The third-order valence-corrected chi connectivity index (χ3v) is 13.2. The highest BCUT2D eigenvalue weighted by atomic mass is 31.2. The van der Waals surface area contributed by atoms with Crippen LogP contribution in [0.25, 0.3) is 0 Å². The van der Waals surface area contributed by atoms with E-state index in [9.17, 15) is 4.57 Å². The maximum atomic E-state index is 15.3. The molecule has 0 heterocycles. The van der Waals surface area contributed by atoms with E-state index >= 15 is 4.57 Å². The van der Waals surface area contributed by atoms with E-state index in [1.165, 1.54) is 0 Å². The Morgan fingerprint density at radius 2 is 0.816 bits per heavy atom. The van der Waals surface area contributed by atoms with Crippen LogP contribution in [0.2, 0.25) is 0 Å². The number of rotatable bonds is 9. The summed E-state index contributed by atoms with van der Waals surface area (Å²) in [5.74, 6) is 0. The number of hydrogen-bond acceptors (Lipinski definition) is 2. The van der Waals surface area contributed by atoms with Crippen LogP contribution in [0.4, 0.5) is 0 Å². The van der Waals surface area contributed by atoms with Crippen molar-refractivity contribution < 1.29 is 9.13 Å². The molecule has 0 bridgehead atoms. The van der Waals surface area contributed by atoms with Gasteiger partial charge in [-0.25, -0.2) is 0 Å². The number of hydrogen-bond donors (Lipinski definition) is 0. The molecule has 5 aromatic rings. The van der Waals surface area contributed by atoms with Gasteiger partial charge in [-0.15, -0.1) is 0 Å². The Bertz CT molecular complexity index is 1480. The van der Waals surface area contributed by atoms with Gasteiger partial charge in [-0.1, -0.05) is 164 Å². The summed E-state index contributed by atoms with van der Waals surface area (Å²) < 4.78 is 29.9. The first-order valence-electron chi connectivity index (χ1n) is 12.8. The zero-order valence-corrected chi connectivity index (χ0v) is 22.9. The molecule has 0 aliphatic carbocycles. The van der Waals surface area contributed by atoms with Crippen molar-refractivity contribution in [1.82, 2.24) is 0 Å². The van der Waals surface area contributed by atoms with Crippen molar-refractivity contribution >= 4 is 35.5 Å². The molecule has 0 N–H and O–H groups in total. The van der Waals surface area contributed by atoms with Crippen molar-refractivity contribution in [2.24, 2.45) is 0 Å². The van der Waals surface area contributed by atoms with E-state index in [0.717, 1.165) is 26.8 Å². The first-order valence-corrected chi connectivity index (χ1v) is 16.4. The summed E-state index contributed by atoms with van der Waals surface area (Å²) in [6.45, 7) is 0. The fourth-order valence-corrected chi connectivity index (χ4v) is 10.5. The first-order chi connectivity index (χ1) is 18.6. The highest BCUT2D eigenvalue weighted by Crippen LogP contribution is 2.58. The van der Waals surface area contributed by atoms with Gasteiger partial charge in [0.25, 0.3) is 0 Å². The lowest BCUT2D eigenvalue weighted by Gasteiger charge is -2.27. The van der Waals surface area contributed by atoms with Gasteiger partial charge in [0.15, 0.2) is 7.14 Å². The Labute approximate surface area is 225 Å².